The molecule has 0 saturated carbocycles. The number of hydrogen-bond donors (Lipinski definition) is 2. The molecule has 0 radical (unpaired) electrons. The molecule has 34 heavy (non-hydrogen) atoms. The molecule has 2 N–H and O–H groups in total. The van der Waals surface area contributed by atoms with E-state index in [1.165, 1.54) is 52.6 Å². The molecule has 0 saturated heterocycles. The molecule has 0 bridgehead atoms. The van der Waals surface area contributed by atoms with Crippen molar-refractivity contribution < 1.29 is 4.79 Å². The second kappa shape index (κ2) is 9.76. The van der Waals surface area contributed by atoms with E-state index in [9.17, 15) is 9.59 Å². The van der Waals surface area contributed by atoms with E-state index in [0.717, 1.165) is 29.7 Å². The van der Waals surface area contributed by atoms with Gasteiger partial charge in [-0.05, 0) is 66.0 Å². The third-order valence-corrected chi connectivity index (χ3v) is 8.03. The number of aryl methyl sites for hydroxylation is 2. The molecule has 5 rings (SSSR count). The molecule has 0 unspecified atom stereocenters. The monoisotopic (exact) mass is 489 g/mol. The molecule has 2 aromatic carbocycles. The summed E-state index contributed by atoms with van der Waals surface area (Å²) in [5.41, 5.74) is 6.65. The molecule has 4 aromatic rings. The quantitative estimate of drug-likeness (QED) is 0.243. The number of thioether (sulfide) groups is 1. The Morgan fingerprint density at radius 1 is 1.12 bits per heavy atom. The Labute approximate surface area is 207 Å². The Bertz CT molecular complexity index is 1400. The van der Waals surface area contributed by atoms with Crippen LogP contribution in [-0.2, 0) is 17.6 Å². The number of fused-ring (bicyclic) bond motifs is 2. The average molecular weight is 490 g/mol. The van der Waals surface area contributed by atoms with Gasteiger partial charge in [0.2, 0.25) is 5.91 Å². The van der Waals surface area contributed by atoms with Gasteiger partial charge in [-0.3, -0.25) is 9.59 Å². The van der Waals surface area contributed by atoms with Gasteiger partial charge in [0.05, 0.1) is 11.1 Å². The summed E-state index contributed by atoms with van der Waals surface area (Å²) < 4.78 is 0. The van der Waals surface area contributed by atoms with Crippen molar-refractivity contribution in [1.82, 2.24) is 9.97 Å². The van der Waals surface area contributed by atoms with Gasteiger partial charge >= 0.3 is 0 Å². The van der Waals surface area contributed by atoms with Crippen LogP contribution < -0.4 is 10.9 Å². The van der Waals surface area contributed by atoms with Crippen molar-refractivity contribution in [3.63, 3.8) is 0 Å². The van der Waals surface area contributed by atoms with E-state index in [-0.39, 0.29) is 17.2 Å². The Hall–Kier alpha value is -2.90. The summed E-state index contributed by atoms with van der Waals surface area (Å²) in [5.74, 6) is 0.484. The first-order valence-electron chi connectivity index (χ1n) is 11.6. The fourth-order valence-corrected chi connectivity index (χ4v) is 6.06. The standard InChI is InChI=1S/C27H27N3O2S2/c1-16(2)17-9-11-21(12-10-17)28-23(31)15-34-27-29-25(32)24-22(14-33-26(24)30-27)20-8-7-18-5-3-4-6-19(18)13-20/h7-14,16H,3-6,15H2,1-2H3,(H,28,31)(H,29,30,32). The van der Waals surface area contributed by atoms with Gasteiger partial charge < -0.3 is 10.3 Å². The van der Waals surface area contributed by atoms with Gasteiger partial charge in [-0.15, -0.1) is 11.3 Å². The van der Waals surface area contributed by atoms with Crippen LogP contribution in [0.2, 0.25) is 0 Å². The molecule has 174 valence electrons. The largest absolute Gasteiger partial charge is 0.325 e. The summed E-state index contributed by atoms with van der Waals surface area (Å²) in [5, 5.41) is 6.00. The van der Waals surface area contributed by atoms with Gasteiger partial charge in [0, 0.05) is 16.6 Å². The van der Waals surface area contributed by atoms with Gasteiger partial charge in [0.1, 0.15) is 4.83 Å². The molecular formula is C27H27N3O2S2. The average Bonchev–Trinajstić information content (AvgIpc) is 3.27. The molecule has 1 aliphatic rings. The van der Waals surface area contributed by atoms with Gasteiger partial charge in [-0.1, -0.05) is 55.9 Å². The number of rotatable bonds is 6. The van der Waals surface area contributed by atoms with Crippen molar-refractivity contribution in [3.8, 4) is 11.1 Å². The van der Waals surface area contributed by atoms with Crippen LogP contribution in [0.25, 0.3) is 21.3 Å². The second-order valence-electron chi connectivity index (χ2n) is 9.00. The zero-order valence-corrected chi connectivity index (χ0v) is 20.9. The van der Waals surface area contributed by atoms with Crippen molar-refractivity contribution >= 4 is 44.9 Å². The van der Waals surface area contributed by atoms with Crippen LogP contribution in [-0.4, -0.2) is 21.6 Å². The van der Waals surface area contributed by atoms with Crippen LogP contribution in [0.15, 0.2) is 57.8 Å². The number of thiophene rings is 1. The summed E-state index contributed by atoms with van der Waals surface area (Å²) in [6, 6.07) is 14.4. The van der Waals surface area contributed by atoms with Crippen molar-refractivity contribution in [3.05, 3.63) is 74.9 Å². The summed E-state index contributed by atoms with van der Waals surface area (Å²) in [6.07, 6.45) is 4.71. The molecule has 2 heterocycles. The van der Waals surface area contributed by atoms with Crippen LogP contribution >= 0.6 is 23.1 Å². The maximum atomic E-state index is 13.0. The molecule has 0 aliphatic heterocycles. The summed E-state index contributed by atoms with van der Waals surface area (Å²) >= 11 is 2.71. The lowest BCUT2D eigenvalue weighted by Crippen LogP contribution is -2.15. The fourth-order valence-electron chi connectivity index (χ4n) is 4.39. The lowest BCUT2D eigenvalue weighted by molar-refractivity contribution is -0.113. The minimum Gasteiger partial charge on any atom is -0.325 e. The number of H-pyrrole nitrogens is 1. The fraction of sp³-hybridized carbons (Fsp3) is 0.296. The molecular weight excluding hydrogens is 462 g/mol. The van der Waals surface area contributed by atoms with E-state index < -0.39 is 0 Å². The predicted octanol–water partition coefficient (Wildman–Crippen LogP) is 6.38. The van der Waals surface area contributed by atoms with Crippen molar-refractivity contribution in [2.75, 3.05) is 11.1 Å². The van der Waals surface area contributed by atoms with Crippen molar-refractivity contribution in [1.29, 1.82) is 0 Å². The first-order chi connectivity index (χ1) is 16.5. The van der Waals surface area contributed by atoms with Crippen LogP contribution in [0.1, 0.15) is 49.3 Å². The number of anilines is 1. The number of aromatic amines is 1. The molecule has 1 amide bonds. The topological polar surface area (TPSA) is 74.8 Å². The molecule has 7 heteroatoms. The number of nitrogens with zero attached hydrogens (tertiary/aromatic N) is 1. The molecule has 0 fully saturated rings. The Kier molecular flexibility index (Phi) is 6.57. The first kappa shape index (κ1) is 22.9. The lowest BCUT2D eigenvalue weighted by atomic mass is 9.89. The van der Waals surface area contributed by atoms with E-state index in [1.54, 1.807) is 0 Å². The van der Waals surface area contributed by atoms with Crippen molar-refractivity contribution in [2.45, 2.75) is 50.6 Å². The molecule has 1 aliphatic carbocycles. The second-order valence-corrected chi connectivity index (χ2v) is 10.8. The van der Waals surface area contributed by atoms with Gasteiger partial charge in [0.15, 0.2) is 5.16 Å². The van der Waals surface area contributed by atoms with Crippen molar-refractivity contribution in [2.24, 2.45) is 0 Å². The van der Waals surface area contributed by atoms with E-state index in [2.05, 4.69) is 47.3 Å². The number of aromatic nitrogens is 2. The van der Waals surface area contributed by atoms with E-state index in [4.69, 9.17) is 0 Å². The van der Waals surface area contributed by atoms with Gasteiger partial charge in [-0.2, -0.15) is 0 Å². The summed E-state index contributed by atoms with van der Waals surface area (Å²) in [7, 11) is 0. The van der Waals surface area contributed by atoms with Crippen LogP contribution in [0, 0.1) is 0 Å². The van der Waals surface area contributed by atoms with Crippen LogP contribution in [0.5, 0.6) is 0 Å². The summed E-state index contributed by atoms with van der Waals surface area (Å²) in [4.78, 5) is 33.6. The van der Waals surface area contributed by atoms with Gasteiger partial charge in [-0.25, -0.2) is 4.98 Å². The van der Waals surface area contributed by atoms with E-state index in [1.807, 2.05) is 29.6 Å². The normalized spacial score (nSPS) is 13.3. The number of carbonyl (C=O) groups excluding carboxylic acids is 1. The number of amides is 1. The molecule has 2 aromatic heterocycles. The molecule has 5 nitrogen and oxygen atoms in total. The maximum Gasteiger partial charge on any atom is 0.260 e. The molecule has 0 spiro atoms. The minimum absolute atomic E-state index is 0.133. The lowest BCUT2D eigenvalue weighted by Gasteiger charge is -2.16. The highest BCUT2D eigenvalue weighted by atomic mass is 32.2. The Morgan fingerprint density at radius 2 is 1.88 bits per heavy atom. The molecule has 0 atom stereocenters. The third-order valence-electron chi connectivity index (χ3n) is 6.28. The highest BCUT2D eigenvalue weighted by Gasteiger charge is 2.16. The number of nitrogens with one attached hydrogen (secondary N) is 2. The highest BCUT2D eigenvalue weighted by molar-refractivity contribution is 7.99. The number of carbonyl (C=O) groups is 1. The smallest absolute Gasteiger partial charge is 0.260 e. The predicted molar refractivity (Wildman–Crippen MR) is 142 cm³/mol. The maximum absolute atomic E-state index is 13.0. The Morgan fingerprint density at radius 3 is 2.65 bits per heavy atom. The number of hydrogen-bond acceptors (Lipinski definition) is 5. The zero-order chi connectivity index (χ0) is 23.7. The number of benzene rings is 2. The van der Waals surface area contributed by atoms with Crippen LogP contribution in [0.3, 0.4) is 0 Å². The first-order valence-corrected chi connectivity index (χ1v) is 13.5. The minimum atomic E-state index is -0.161. The highest BCUT2D eigenvalue weighted by Crippen LogP contribution is 2.34. The van der Waals surface area contributed by atoms with E-state index in [0.29, 0.717) is 21.3 Å². The third kappa shape index (κ3) is 4.81. The summed E-state index contributed by atoms with van der Waals surface area (Å²) in [6.45, 7) is 4.27. The Balaban J connectivity index is 1.30. The van der Waals surface area contributed by atoms with Gasteiger partial charge in [0.25, 0.3) is 5.56 Å². The van der Waals surface area contributed by atoms with Crippen LogP contribution in [0.4, 0.5) is 5.69 Å². The van der Waals surface area contributed by atoms with E-state index >= 15 is 0 Å². The SMILES string of the molecule is CC(C)c1ccc(NC(=O)CSc2nc3scc(-c4ccc5c(c4)CCCC5)c3c(=O)[nH]2)cc1. The zero-order valence-electron chi connectivity index (χ0n) is 19.3.